The highest BCUT2D eigenvalue weighted by molar-refractivity contribution is 6.32. The third-order valence-corrected chi connectivity index (χ3v) is 3.02. The van der Waals surface area contributed by atoms with Gasteiger partial charge in [0, 0.05) is 5.69 Å². The van der Waals surface area contributed by atoms with E-state index in [0.717, 1.165) is 4.90 Å². The number of alkyl halides is 3. The molecule has 0 aliphatic rings. The van der Waals surface area contributed by atoms with Crippen molar-refractivity contribution in [2.45, 2.75) is 20.0 Å². The number of carbonyl (C=O) groups excluding carboxylic acids is 1. The van der Waals surface area contributed by atoms with Gasteiger partial charge >= 0.3 is 12.1 Å². The van der Waals surface area contributed by atoms with Crippen molar-refractivity contribution in [3.63, 3.8) is 0 Å². The third-order valence-electron chi connectivity index (χ3n) is 2.71. The second kappa shape index (κ2) is 8.06. The van der Waals surface area contributed by atoms with Gasteiger partial charge in [-0.3, -0.25) is 4.79 Å². The molecule has 0 saturated carbocycles. The number of nitrogens with zero attached hydrogens (tertiary/aromatic N) is 2. The molecule has 4 nitrogen and oxygen atoms in total. The Bertz CT molecular complexity index is 597. The highest BCUT2D eigenvalue weighted by Crippen LogP contribution is 2.26. The van der Waals surface area contributed by atoms with Crippen LogP contribution in [0.4, 0.5) is 18.9 Å². The lowest BCUT2D eigenvalue weighted by Gasteiger charge is -2.25. The standard InChI is InChI=1S/C15H16ClF3N2O2/c1-10(2)8-23-14(22)7-21(9-15(17,18)19)12-4-3-11(6-20)13(16)5-12/h3-5,10H,7-9H2,1-2H3. The maximum atomic E-state index is 12.7. The minimum Gasteiger partial charge on any atom is -0.464 e. The molecular weight excluding hydrogens is 333 g/mol. The first kappa shape index (κ1) is 19.1. The number of benzene rings is 1. The number of esters is 1. The van der Waals surface area contributed by atoms with E-state index in [1.54, 1.807) is 0 Å². The van der Waals surface area contributed by atoms with Gasteiger partial charge in [0.25, 0.3) is 0 Å². The van der Waals surface area contributed by atoms with Crippen molar-refractivity contribution in [2.75, 3.05) is 24.6 Å². The lowest BCUT2D eigenvalue weighted by molar-refractivity contribution is -0.144. The average Bonchev–Trinajstić information content (AvgIpc) is 2.43. The van der Waals surface area contributed by atoms with Crippen LogP contribution in [0.15, 0.2) is 18.2 Å². The zero-order valence-corrected chi connectivity index (χ0v) is 13.4. The molecule has 0 radical (unpaired) electrons. The number of nitriles is 1. The Morgan fingerprint density at radius 2 is 2.09 bits per heavy atom. The average molecular weight is 349 g/mol. The minimum absolute atomic E-state index is 0.0210. The molecular formula is C15H16ClF3N2O2. The second-order valence-electron chi connectivity index (χ2n) is 5.32. The lowest BCUT2D eigenvalue weighted by Crippen LogP contribution is -2.38. The van der Waals surface area contributed by atoms with Crippen LogP contribution in [-0.2, 0) is 9.53 Å². The van der Waals surface area contributed by atoms with Gasteiger partial charge in [-0.25, -0.2) is 0 Å². The third kappa shape index (κ3) is 6.78. The van der Waals surface area contributed by atoms with E-state index in [1.165, 1.54) is 18.2 Å². The van der Waals surface area contributed by atoms with E-state index < -0.39 is 25.2 Å². The Kier molecular flexibility index (Phi) is 6.70. The zero-order valence-electron chi connectivity index (χ0n) is 12.7. The first-order valence-corrected chi connectivity index (χ1v) is 7.17. The summed E-state index contributed by atoms with van der Waals surface area (Å²) in [6.07, 6.45) is -4.50. The first-order valence-electron chi connectivity index (χ1n) is 6.79. The molecule has 0 N–H and O–H groups in total. The van der Waals surface area contributed by atoms with E-state index in [0.29, 0.717) is 0 Å². The minimum atomic E-state index is -4.50. The van der Waals surface area contributed by atoms with Crippen molar-refractivity contribution in [2.24, 2.45) is 5.92 Å². The Morgan fingerprint density at radius 1 is 1.43 bits per heavy atom. The number of rotatable bonds is 6. The molecule has 1 aromatic rings. The fraction of sp³-hybridized carbons (Fsp3) is 0.467. The van der Waals surface area contributed by atoms with Gasteiger partial charge in [0.05, 0.1) is 17.2 Å². The maximum absolute atomic E-state index is 12.7. The van der Waals surface area contributed by atoms with Gasteiger partial charge in [0.2, 0.25) is 0 Å². The summed E-state index contributed by atoms with van der Waals surface area (Å²) in [6, 6.07) is 5.66. The molecule has 0 aliphatic carbocycles. The van der Waals surface area contributed by atoms with Gasteiger partial charge in [-0.1, -0.05) is 25.4 Å². The number of ether oxygens (including phenoxy) is 1. The van der Waals surface area contributed by atoms with Crippen LogP contribution < -0.4 is 4.90 Å². The summed E-state index contributed by atoms with van der Waals surface area (Å²) in [5.41, 5.74) is 0.234. The summed E-state index contributed by atoms with van der Waals surface area (Å²) in [5, 5.41) is 8.82. The van der Waals surface area contributed by atoms with Crippen molar-refractivity contribution in [3.8, 4) is 6.07 Å². The van der Waals surface area contributed by atoms with E-state index in [2.05, 4.69) is 0 Å². The normalized spacial score (nSPS) is 11.2. The number of anilines is 1. The van der Waals surface area contributed by atoms with Gasteiger partial charge in [0.15, 0.2) is 0 Å². The molecule has 1 rings (SSSR count). The number of hydrogen-bond acceptors (Lipinski definition) is 4. The van der Waals surface area contributed by atoms with E-state index >= 15 is 0 Å². The Morgan fingerprint density at radius 3 is 2.57 bits per heavy atom. The number of halogens is 4. The highest BCUT2D eigenvalue weighted by Gasteiger charge is 2.32. The van der Waals surface area contributed by atoms with Crippen molar-refractivity contribution in [3.05, 3.63) is 28.8 Å². The molecule has 0 heterocycles. The predicted octanol–water partition coefficient (Wildman–Crippen LogP) is 3.78. The second-order valence-corrected chi connectivity index (χ2v) is 5.73. The maximum Gasteiger partial charge on any atom is 0.405 e. The largest absolute Gasteiger partial charge is 0.464 e. The summed E-state index contributed by atoms with van der Waals surface area (Å²) in [7, 11) is 0. The molecule has 8 heteroatoms. The monoisotopic (exact) mass is 348 g/mol. The molecule has 0 fully saturated rings. The van der Waals surface area contributed by atoms with Crippen LogP contribution in [0.2, 0.25) is 5.02 Å². The van der Waals surface area contributed by atoms with Gasteiger partial charge in [0.1, 0.15) is 19.2 Å². The summed E-state index contributed by atoms with van der Waals surface area (Å²) >= 11 is 5.84. The van der Waals surface area contributed by atoms with Crippen LogP contribution >= 0.6 is 11.6 Å². The molecule has 23 heavy (non-hydrogen) atoms. The summed E-state index contributed by atoms with van der Waals surface area (Å²) in [6.45, 7) is 1.88. The number of hydrogen-bond donors (Lipinski definition) is 0. The van der Waals surface area contributed by atoms with Gasteiger partial charge < -0.3 is 9.64 Å². The molecule has 1 aromatic carbocycles. The van der Waals surface area contributed by atoms with Crippen LogP contribution in [0, 0.1) is 17.2 Å². The molecule has 0 atom stereocenters. The molecule has 0 bridgehead atoms. The molecule has 0 aromatic heterocycles. The lowest BCUT2D eigenvalue weighted by atomic mass is 10.2. The number of carbonyl (C=O) groups is 1. The van der Waals surface area contributed by atoms with Crippen LogP contribution in [0.5, 0.6) is 0 Å². The van der Waals surface area contributed by atoms with Crippen molar-refractivity contribution < 1.29 is 22.7 Å². The molecule has 126 valence electrons. The summed E-state index contributed by atoms with van der Waals surface area (Å²) < 4.78 is 43.1. The highest BCUT2D eigenvalue weighted by atomic mass is 35.5. The van der Waals surface area contributed by atoms with E-state index in [1.807, 2.05) is 19.9 Å². The smallest absolute Gasteiger partial charge is 0.405 e. The van der Waals surface area contributed by atoms with Crippen LogP contribution in [0.1, 0.15) is 19.4 Å². The van der Waals surface area contributed by atoms with E-state index in [4.69, 9.17) is 21.6 Å². The van der Waals surface area contributed by atoms with E-state index in [-0.39, 0.29) is 28.8 Å². The fourth-order valence-electron chi connectivity index (χ4n) is 1.71. The molecule has 0 saturated heterocycles. The van der Waals surface area contributed by atoms with E-state index in [9.17, 15) is 18.0 Å². The first-order chi connectivity index (χ1) is 10.6. The molecule has 0 amide bonds. The SMILES string of the molecule is CC(C)COC(=O)CN(CC(F)(F)F)c1ccc(C#N)c(Cl)c1. The molecule has 0 unspecified atom stereocenters. The van der Waals surface area contributed by atoms with Gasteiger partial charge in [-0.05, 0) is 24.1 Å². The quantitative estimate of drug-likeness (QED) is 0.734. The fourth-order valence-corrected chi connectivity index (χ4v) is 1.92. The summed E-state index contributed by atoms with van der Waals surface area (Å²) in [5.74, 6) is -0.678. The zero-order chi connectivity index (χ0) is 17.6. The van der Waals surface area contributed by atoms with Crippen LogP contribution in [0.25, 0.3) is 0 Å². The van der Waals surface area contributed by atoms with Crippen molar-refractivity contribution in [1.82, 2.24) is 0 Å². The van der Waals surface area contributed by atoms with Crippen LogP contribution in [0.3, 0.4) is 0 Å². The van der Waals surface area contributed by atoms with Crippen molar-refractivity contribution >= 4 is 23.3 Å². The summed E-state index contributed by atoms with van der Waals surface area (Å²) in [4.78, 5) is 12.5. The Hall–Kier alpha value is -1.94. The van der Waals surface area contributed by atoms with Crippen molar-refractivity contribution in [1.29, 1.82) is 5.26 Å². The molecule has 0 spiro atoms. The molecule has 0 aliphatic heterocycles. The Balaban J connectivity index is 2.95. The van der Waals surface area contributed by atoms with Gasteiger partial charge in [-0.2, -0.15) is 18.4 Å². The van der Waals surface area contributed by atoms with Gasteiger partial charge in [-0.15, -0.1) is 0 Å². The van der Waals surface area contributed by atoms with Crippen LogP contribution in [-0.4, -0.2) is 31.8 Å². The predicted molar refractivity (Wildman–Crippen MR) is 80.2 cm³/mol. The Labute approximate surface area is 137 Å². The topological polar surface area (TPSA) is 53.3 Å².